The van der Waals surface area contributed by atoms with E-state index in [0.29, 0.717) is 35.6 Å². The zero-order chi connectivity index (χ0) is 27.1. The molecule has 0 aliphatic carbocycles. The number of pyridine rings is 1. The van der Waals surface area contributed by atoms with Gasteiger partial charge in [0.15, 0.2) is 5.78 Å². The molecule has 2 aromatic heterocycles. The fraction of sp³-hybridized carbons (Fsp3) is 0.259. The summed E-state index contributed by atoms with van der Waals surface area (Å²) in [4.78, 5) is 16.9. The molecule has 38 heavy (non-hydrogen) atoms. The summed E-state index contributed by atoms with van der Waals surface area (Å²) >= 11 is 0. The number of fused-ring (bicyclic) bond motifs is 1. The number of benzene rings is 2. The third-order valence-electron chi connectivity index (χ3n) is 6.60. The molecule has 1 saturated heterocycles. The topological polar surface area (TPSA) is 80.5 Å². The van der Waals surface area contributed by atoms with Gasteiger partial charge in [-0.15, -0.1) is 0 Å². The van der Waals surface area contributed by atoms with Crippen LogP contribution in [-0.2, 0) is 27.4 Å². The van der Waals surface area contributed by atoms with Crippen molar-refractivity contribution in [3.8, 4) is 11.3 Å². The van der Waals surface area contributed by atoms with Crippen molar-refractivity contribution in [2.24, 2.45) is 0 Å². The van der Waals surface area contributed by atoms with Crippen molar-refractivity contribution in [3.05, 3.63) is 83.8 Å². The van der Waals surface area contributed by atoms with E-state index < -0.39 is 33.6 Å². The second kappa shape index (κ2) is 9.95. The molecular formula is C27H22F4N2O4S. The summed E-state index contributed by atoms with van der Waals surface area (Å²) < 4.78 is 86.2. The number of furan rings is 1. The SMILES string of the molecule is O=C(CCc1ccc(F)c(-c2ccc(C(F)(F)F)cn2)c1)[C@@H]1CCCN1S(=O)(=O)c1cc2ccccc2o1. The highest BCUT2D eigenvalue weighted by Crippen LogP contribution is 2.32. The number of hydrogen-bond donors (Lipinski definition) is 0. The van der Waals surface area contributed by atoms with E-state index in [0.717, 1.165) is 12.1 Å². The quantitative estimate of drug-likeness (QED) is 0.265. The van der Waals surface area contributed by atoms with E-state index in [1.807, 2.05) is 0 Å². The minimum atomic E-state index is -4.56. The molecule has 0 radical (unpaired) electrons. The van der Waals surface area contributed by atoms with Crippen LogP contribution in [0.3, 0.4) is 0 Å². The molecule has 3 heterocycles. The lowest BCUT2D eigenvalue weighted by atomic mass is 9.99. The first-order chi connectivity index (χ1) is 18.0. The molecule has 198 valence electrons. The lowest BCUT2D eigenvalue weighted by molar-refractivity contribution is -0.137. The van der Waals surface area contributed by atoms with Crippen LogP contribution in [-0.4, -0.2) is 36.1 Å². The number of alkyl halides is 3. The van der Waals surface area contributed by atoms with Crippen molar-refractivity contribution >= 4 is 26.8 Å². The number of halogens is 4. The first kappa shape index (κ1) is 26.1. The van der Waals surface area contributed by atoms with Gasteiger partial charge in [-0.25, -0.2) is 12.8 Å². The largest absolute Gasteiger partial charge is 0.443 e. The van der Waals surface area contributed by atoms with Gasteiger partial charge in [0.1, 0.15) is 11.4 Å². The van der Waals surface area contributed by atoms with Crippen molar-refractivity contribution in [2.45, 2.75) is 43.0 Å². The Kier molecular flexibility index (Phi) is 6.83. The number of carbonyl (C=O) groups is 1. The van der Waals surface area contributed by atoms with Gasteiger partial charge < -0.3 is 4.42 Å². The molecular weight excluding hydrogens is 524 g/mol. The molecule has 0 spiro atoms. The van der Waals surface area contributed by atoms with Gasteiger partial charge in [-0.1, -0.05) is 24.3 Å². The van der Waals surface area contributed by atoms with Gasteiger partial charge in [0.2, 0.25) is 5.09 Å². The molecule has 2 aromatic carbocycles. The molecule has 1 atom stereocenters. The van der Waals surface area contributed by atoms with E-state index in [4.69, 9.17) is 4.42 Å². The lowest BCUT2D eigenvalue weighted by Gasteiger charge is -2.21. The van der Waals surface area contributed by atoms with Gasteiger partial charge in [0.05, 0.1) is 17.3 Å². The number of sulfonamides is 1. The maximum atomic E-state index is 14.4. The first-order valence-corrected chi connectivity index (χ1v) is 13.3. The Morgan fingerprint density at radius 2 is 1.87 bits per heavy atom. The number of para-hydroxylation sites is 1. The van der Waals surface area contributed by atoms with Crippen molar-refractivity contribution in [1.82, 2.24) is 9.29 Å². The average molecular weight is 547 g/mol. The fourth-order valence-corrected chi connectivity index (χ4v) is 6.26. The Balaban J connectivity index is 1.30. The highest BCUT2D eigenvalue weighted by molar-refractivity contribution is 7.89. The van der Waals surface area contributed by atoms with Gasteiger partial charge >= 0.3 is 6.18 Å². The number of aryl methyl sites for hydroxylation is 1. The molecule has 4 aromatic rings. The Bertz CT molecular complexity index is 1560. The average Bonchev–Trinajstić information content (AvgIpc) is 3.56. The number of rotatable bonds is 7. The maximum absolute atomic E-state index is 14.4. The van der Waals surface area contributed by atoms with Crippen LogP contribution in [0.5, 0.6) is 0 Å². The summed E-state index contributed by atoms with van der Waals surface area (Å²) in [5.41, 5.74) is 0.104. The number of aromatic nitrogens is 1. The normalized spacial score (nSPS) is 16.8. The maximum Gasteiger partial charge on any atom is 0.417 e. The van der Waals surface area contributed by atoms with Gasteiger partial charge in [0.25, 0.3) is 10.0 Å². The monoisotopic (exact) mass is 546 g/mol. The van der Waals surface area contributed by atoms with Gasteiger partial charge in [-0.2, -0.15) is 17.5 Å². The van der Waals surface area contributed by atoms with Crippen LogP contribution >= 0.6 is 0 Å². The van der Waals surface area contributed by atoms with Gasteiger partial charge in [0, 0.05) is 36.2 Å². The molecule has 6 nitrogen and oxygen atoms in total. The number of ketones is 1. The fourth-order valence-electron chi connectivity index (χ4n) is 4.63. The smallest absolute Gasteiger partial charge is 0.417 e. The van der Waals surface area contributed by atoms with Crippen LogP contribution < -0.4 is 0 Å². The summed E-state index contributed by atoms with van der Waals surface area (Å²) in [7, 11) is -4.03. The van der Waals surface area contributed by atoms with Crippen LogP contribution in [0.4, 0.5) is 17.6 Å². The second-order valence-electron chi connectivity index (χ2n) is 9.09. The predicted molar refractivity (Wildman–Crippen MR) is 131 cm³/mol. The van der Waals surface area contributed by atoms with Crippen molar-refractivity contribution in [2.75, 3.05) is 6.54 Å². The van der Waals surface area contributed by atoms with Crippen LogP contribution in [0.2, 0.25) is 0 Å². The standard InChI is InChI=1S/C27H22F4N2O4S/c28-21-10-7-17(14-20(21)22-11-9-19(16-32-22)27(29,30)31)8-12-24(34)23-5-3-13-33(23)38(35,36)26-15-18-4-1-2-6-25(18)37-26/h1-2,4,6-7,9-11,14-16,23H,3,5,8,12-13H2/t23-/m0/s1. The summed E-state index contributed by atoms with van der Waals surface area (Å²) in [5, 5.41) is 0.424. The number of Topliss-reactive ketones (excluding diaryl/α,β-unsaturated/α-hetero) is 1. The Labute approximate surface area is 215 Å². The van der Waals surface area contributed by atoms with Gasteiger partial charge in [-0.05, 0) is 55.2 Å². The summed E-state index contributed by atoms with van der Waals surface area (Å²) in [6.45, 7) is 0.191. The van der Waals surface area contributed by atoms with Crippen LogP contribution in [0, 0.1) is 5.82 Å². The first-order valence-electron chi connectivity index (χ1n) is 11.9. The van der Waals surface area contributed by atoms with E-state index in [9.17, 15) is 30.8 Å². The molecule has 11 heteroatoms. The molecule has 1 aliphatic rings. The Morgan fingerprint density at radius 3 is 2.58 bits per heavy atom. The van der Waals surface area contributed by atoms with E-state index in [1.54, 1.807) is 24.3 Å². The summed E-state index contributed by atoms with van der Waals surface area (Å²) in [5.74, 6) is -0.938. The highest BCUT2D eigenvalue weighted by atomic mass is 32.2. The second-order valence-corrected chi connectivity index (χ2v) is 10.9. The predicted octanol–water partition coefficient (Wildman–Crippen LogP) is 6.01. The molecule has 1 aliphatic heterocycles. The van der Waals surface area contributed by atoms with Gasteiger partial charge in [-0.3, -0.25) is 9.78 Å². The van der Waals surface area contributed by atoms with Crippen LogP contribution in [0.25, 0.3) is 22.2 Å². The van der Waals surface area contributed by atoms with Crippen molar-refractivity contribution < 1.29 is 35.2 Å². The van der Waals surface area contributed by atoms with Crippen molar-refractivity contribution in [3.63, 3.8) is 0 Å². The molecule has 0 saturated carbocycles. The third-order valence-corrected chi connectivity index (χ3v) is 8.36. The van der Waals surface area contributed by atoms with Crippen LogP contribution in [0.1, 0.15) is 30.4 Å². The molecule has 1 fully saturated rings. The third kappa shape index (κ3) is 5.08. The Morgan fingerprint density at radius 1 is 1.08 bits per heavy atom. The Hall–Kier alpha value is -3.57. The molecule has 0 unspecified atom stereocenters. The molecule has 5 rings (SSSR count). The zero-order valence-corrected chi connectivity index (χ0v) is 20.7. The van der Waals surface area contributed by atoms with E-state index in [-0.39, 0.29) is 41.5 Å². The number of hydrogen-bond acceptors (Lipinski definition) is 5. The molecule has 0 bridgehead atoms. The van der Waals surface area contributed by atoms with E-state index >= 15 is 0 Å². The zero-order valence-electron chi connectivity index (χ0n) is 19.9. The summed E-state index contributed by atoms with van der Waals surface area (Å²) in [6, 6.07) is 13.5. The molecule has 0 amide bonds. The summed E-state index contributed by atoms with van der Waals surface area (Å²) in [6.07, 6.45) is -2.82. The van der Waals surface area contributed by atoms with E-state index in [1.165, 1.54) is 28.6 Å². The lowest BCUT2D eigenvalue weighted by Crippen LogP contribution is -2.40. The minimum absolute atomic E-state index is 0.00231. The number of nitrogens with zero attached hydrogens (tertiary/aromatic N) is 2. The van der Waals surface area contributed by atoms with E-state index in [2.05, 4.69) is 4.98 Å². The van der Waals surface area contributed by atoms with Crippen molar-refractivity contribution in [1.29, 1.82) is 0 Å². The molecule has 0 N–H and O–H groups in total. The van der Waals surface area contributed by atoms with Crippen LogP contribution in [0.15, 0.2) is 76.4 Å². The minimum Gasteiger partial charge on any atom is -0.443 e. The number of carbonyl (C=O) groups excluding carboxylic acids is 1. The highest BCUT2D eigenvalue weighted by Gasteiger charge is 2.40.